The Morgan fingerprint density at radius 1 is 1.19 bits per heavy atom. The fraction of sp³-hybridized carbons (Fsp3) is 0.100. The molecule has 0 aliphatic rings. The summed E-state index contributed by atoms with van der Waals surface area (Å²) in [5.41, 5.74) is 7.39. The van der Waals surface area contributed by atoms with Crippen LogP contribution in [0.25, 0.3) is 0 Å². The number of ether oxygens (including phenoxy) is 1. The fourth-order valence-corrected chi connectivity index (χ4v) is 2.72. The third kappa shape index (κ3) is 4.95. The van der Waals surface area contributed by atoms with Gasteiger partial charge in [0.05, 0.1) is 10.7 Å². The Labute approximate surface area is 160 Å². The lowest BCUT2D eigenvalue weighted by Gasteiger charge is -2.18. The molecule has 0 saturated heterocycles. The zero-order chi connectivity index (χ0) is 19.2. The molecule has 0 spiro atoms. The number of rotatable bonds is 7. The number of nitrogens with one attached hydrogen (secondary N) is 1. The first-order chi connectivity index (χ1) is 13.0. The summed E-state index contributed by atoms with van der Waals surface area (Å²) in [5.74, 6) is -0.488. The Hall–Kier alpha value is -3.12. The van der Waals surface area contributed by atoms with Gasteiger partial charge in [0.25, 0.3) is 0 Å². The van der Waals surface area contributed by atoms with Crippen molar-refractivity contribution in [2.24, 2.45) is 5.73 Å². The largest absolute Gasteiger partial charge is 0.486 e. The second kappa shape index (κ2) is 8.51. The summed E-state index contributed by atoms with van der Waals surface area (Å²) in [5, 5.41) is 3.38. The minimum absolute atomic E-state index is 0.285. The van der Waals surface area contributed by atoms with E-state index in [9.17, 15) is 9.18 Å². The first-order valence-corrected chi connectivity index (χ1v) is 8.54. The van der Waals surface area contributed by atoms with Gasteiger partial charge in [-0.15, -0.1) is 0 Å². The molecule has 2 aromatic carbocycles. The van der Waals surface area contributed by atoms with Crippen molar-refractivity contribution >= 4 is 23.2 Å². The van der Waals surface area contributed by atoms with E-state index in [0.29, 0.717) is 22.0 Å². The molecule has 1 amide bonds. The predicted molar refractivity (Wildman–Crippen MR) is 102 cm³/mol. The Bertz CT molecular complexity index is 920. The zero-order valence-electron chi connectivity index (χ0n) is 14.2. The highest BCUT2D eigenvalue weighted by Crippen LogP contribution is 2.30. The maximum atomic E-state index is 13.1. The van der Waals surface area contributed by atoms with Crippen LogP contribution in [0.3, 0.4) is 0 Å². The lowest BCUT2D eigenvalue weighted by Crippen LogP contribution is -2.27. The summed E-state index contributed by atoms with van der Waals surface area (Å²) >= 11 is 6.27. The van der Waals surface area contributed by atoms with E-state index in [0.717, 1.165) is 5.69 Å². The van der Waals surface area contributed by atoms with E-state index in [1.54, 1.807) is 24.4 Å². The molecule has 0 bridgehead atoms. The van der Waals surface area contributed by atoms with Crippen molar-refractivity contribution in [2.45, 2.75) is 12.6 Å². The lowest BCUT2D eigenvalue weighted by molar-refractivity contribution is -0.118. The van der Waals surface area contributed by atoms with Gasteiger partial charge in [-0.05, 0) is 48.0 Å². The number of amides is 1. The Balaban J connectivity index is 1.72. The highest BCUT2D eigenvalue weighted by Gasteiger charge is 2.18. The van der Waals surface area contributed by atoms with Crippen molar-refractivity contribution < 1.29 is 13.9 Å². The summed E-state index contributed by atoms with van der Waals surface area (Å²) in [6, 6.07) is 15.3. The molecule has 3 aromatic rings. The normalized spacial score (nSPS) is 11.6. The number of benzene rings is 2. The first kappa shape index (κ1) is 18.7. The van der Waals surface area contributed by atoms with Crippen LogP contribution >= 0.6 is 11.6 Å². The van der Waals surface area contributed by atoms with Crippen LogP contribution < -0.4 is 15.8 Å². The number of pyridine rings is 1. The van der Waals surface area contributed by atoms with Crippen LogP contribution in [0, 0.1) is 5.82 Å². The van der Waals surface area contributed by atoms with Gasteiger partial charge in [-0.3, -0.25) is 9.78 Å². The number of hydrogen-bond acceptors (Lipinski definition) is 4. The molecule has 1 unspecified atom stereocenters. The van der Waals surface area contributed by atoms with Gasteiger partial charge >= 0.3 is 0 Å². The van der Waals surface area contributed by atoms with Crippen LogP contribution in [-0.4, -0.2) is 10.9 Å². The van der Waals surface area contributed by atoms with Gasteiger partial charge in [0, 0.05) is 11.9 Å². The number of nitrogens with two attached hydrogens (primary N) is 1. The molecule has 27 heavy (non-hydrogen) atoms. The van der Waals surface area contributed by atoms with Gasteiger partial charge in [0.1, 0.15) is 24.2 Å². The molecule has 5 nitrogen and oxygen atoms in total. The van der Waals surface area contributed by atoms with Crippen molar-refractivity contribution in [1.82, 2.24) is 4.98 Å². The van der Waals surface area contributed by atoms with Crippen LogP contribution in [0.15, 0.2) is 66.9 Å². The minimum Gasteiger partial charge on any atom is -0.486 e. The first-order valence-electron chi connectivity index (χ1n) is 8.16. The summed E-state index contributed by atoms with van der Waals surface area (Å²) in [6.45, 7) is 0.285. The SMILES string of the molecule is NC(=O)C(Nc1ccc(OCc2ccccn2)c(Cl)c1)c1ccc(F)cc1. The van der Waals surface area contributed by atoms with E-state index in [1.165, 1.54) is 24.3 Å². The second-order valence-electron chi connectivity index (χ2n) is 5.79. The topological polar surface area (TPSA) is 77.2 Å². The number of aromatic nitrogens is 1. The zero-order valence-corrected chi connectivity index (χ0v) is 15.0. The molecule has 0 fully saturated rings. The maximum absolute atomic E-state index is 13.1. The van der Waals surface area contributed by atoms with E-state index in [2.05, 4.69) is 10.3 Å². The lowest BCUT2D eigenvalue weighted by atomic mass is 10.1. The number of carbonyl (C=O) groups is 1. The van der Waals surface area contributed by atoms with Crippen molar-refractivity contribution in [3.8, 4) is 5.75 Å². The number of nitrogens with zero attached hydrogens (tertiary/aromatic N) is 1. The van der Waals surface area contributed by atoms with Crippen LogP contribution in [-0.2, 0) is 11.4 Å². The van der Waals surface area contributed by atoms with Crippen LogP contribution in [0.1, 0.15) is 17.3 Å². The number of carbonyl (C=O) groups excluding carboxylic acids is 1. The minimum atomic E-state index is -0.818. The Morgan fingerprint density at radius 2 is 1.96 bits per heavy atom. The van der Waals surface area contributed by atoms with Gasteiger partial charge < -0.3 is 15.8 Å². The molecule has 1 atom stereocenters. The number of primary amides is 1. The van der Waals surface area contributed by atoms with Gasteiger partial charge in [-0.2, -0.15) is 0 Å². The number of hydrogen-bond donors (Lipinski definition) is 2. The Kier molecular flexibility index (Phi) is 5.88. The third-order valence-corrected chi connectivity index (χ3v) is 4.13. The standard InChI is InChI=1S/C20H17ClFN3O2/c21-17-11-15(8-9-18(17)27-12-16-3-1-2-10-24-16)25-19(20(23)26)13-4-6-14(22)7-5-13/h1-11,19,25H,12H2,(H2,23,26). The van der Waals surface area contributed by atoms with E-state index >= 15 is 0 Å². The molecule has 138 valence electrons. The summed E-state index contributed by atoms with van der Waals surface area (Å²) < 4.78 is 18.8. The fourth-order valence-electron chi connectivity index (χ4n) is 2.48. The van der Waals surface area contributed by atoms with E-state index in [-0.39, 0.29) is 12.4 Å². The highest BCUT2D eigenvalue weighted by atomic mass is 35.5. The smallest absolute Gasteiger partial charge is 0.244 e. The van der Waals surface area contributed by atoms with Crippen LogP contribution in [0.5, 0.6) is 5.75 Å². The van der Waals surface area contributed by atoms with Crippen LogP contribution in [0.4, 0.5) is 10.1 Å². The molecule has 0 saturated carbocycles. The van der Waals surface area contributed by atoms with Crippen molar-refractivity contribution in [3.63, 3.8) is 0 Å². The summed E-state index contributed by atoms with van der Waals surface area (Å²) in [7, 11) is 0. The van der Waals surface area contributed by atoms with Gasteiger partial charge in [0.15, 0.2) is 0 Å². The quantitative estimate of drug-likeness (QED) is 0.642. The second-order valence-corrected chi connectivity index (χ2v) is 6.19. The van der Waals surface area contributed by atoms with Gasteiger partial charge in [-0.25, -0.2) is 4.39 Å². The average Bonchev–Trinajstić information content (AvgIpc) is 2.67. The number of halogens is 2. The molecule has 3 rings (SSSR count). The molecular weight excluding hydrogens is 369 g/mol. The average molecular weight is 386 g/mol. The highest BCUT2D eigenvalue weighted by molar-refractivity contribution is 6.32. The maximum Gasteiger partial charge on any atom is 0.244 e. The molecule has 0 aliphatic carbocycles. The molecule has 7 heteroatoms. The third-order valence-electron chi connectivity index (χ3n) is 3.83. The van der Waals surface area contributed by atoms with Gasteiger partial charge in [-0.1, -0.05) is 29.8 Å². The van der Waals surface area contributed by atoms with E-state index in [1.807, 2.05) is 18.2 Å². The molecule has 0 radical (unpaired) electrons. The molecule has 0 aliphatic heterocycles. The van der Waals surface area contributed by atoms with E-state index in [4.69, 9.17) is 22.1 Å². The molecular formula is C20H17ClFN3O2. The summed E-state index contributed by atoms with van der Waals surface area (Å²) in [4.78, 5) is 16.0. The Morgan fingerprint density at radius 3 is 2.59 bits per heavy atom. The van der Waals surface area contributed by atoms with Crippen LogP contribution in [0.2, 0.25) is 5.02 Å². The molecule has 1 heterocycles. The predicted octanol–water partition coefficient (Wildman–Crippen LogP) is 4.09. The van der Waals surface area contributed by atoms with Crippen molar-refractivity contribution in [1.29, 1.82) is 0 Å². The molecule has 1 aromatic heterocycles. The van der Waals surface area contributed by atoms with E-state index < -0.39 is 11.9 Å². The van der Waals surface area contributed by atoms with Crippen molar-refractivity contribution in [3.05, 3.63) is 89.0 Å². The van der Waals surface area contributed by atoms with Gasteiger partial charge in [0.2, 0.25) is 5.91 Å². The van der Waals surface area contributed by atoms with Crippen molar-refractivity contribution in [2.75, 3.05) is 5.32 Å². The molecule has 3 N–H and O–H groups in total. The monoisotopic (exact) mass is 385 g/mol. The summed E-state index contributed by atoms with van der Waals surface area (Å²) in [6.07, 6.45) is 1.69. The number of anilines is 1.